The number of aromatic carboxylic acids is 1. The van der Waals surface area contributed by atoms with Crippen molar-refractivity contribution >= 4 is 22.6 Å². The van der Waals surface area contributed by atoms with E-state index in [1.807, 2.05) is 11.9 Å². The van der Waals surface area contributed by atoms with Crippen LogP contribution in [0, 0.1) is 11.7 Å². The lowest BCUT2D eigenvalue weighted by molar-refractivity contribution is 0.0695. The van der Waals surface area contributed by atoms with Gasteiger partial charge in [-0.1, -0.05) is 0 Å². The molecule has 1 aromatic carbocycles. The van der Waals surface area contributed by atoms with Crippen LogP contribution in [-0.4, -0.2) is 49.4 Å². The number of carbonyl (C=O) groups is 1. The molecule has 2 heterocycles. The first kappa shape index (κ1) is 19.7. The first-order valence-electron chi connectivity index (χ1n) is 10.0. The zero-order valence-corrected chi connectivity index (χ0v) is 16.7. The predicted octanol–water partition coefficient (Wildman–Crippen LogP) is 2.62. The molecule has 7 nitrogen and oxygen atoms in total. The fourth-order valence-corrected chi connectivity index (χ4v) is 4.34. The smallest absolute Gasteiger partial charge is 0.341 e. The summed E-state index contributed by atoms with van der Waals surface area (Å²) in [6.45, 7) is 2.35. The van der Waals surface area contributed by atoms with Gasteiger partial charge in [-0.25, -0.2) is 9.18 Å². The molecule has 1 aromatic heterocycles. The third-order valence-corrected chi connectivity index (χ3v) is 5.98. The van der Waals surface area contributed by atoms with E-state index in [4.69, 9.17) is 4.74 Å². The molecule has 0 amide bonds. The molecule has 1 aliphatic carbocycles. The zero-order valence-electron chi connectivity index (χ0n) is 16.7. The summed E-state index contributed by atoms with van der Waals surface area (Å²) in [4.78, 5) is 26.3. The Morgan fingerprint density at radius 2 is 2.14 bits per heavy atom. The van der Waals surface area contributed by atoms with E-state index in [1.165, 1.54) is 19.4 Å². The highest BCUT2D eigenvalue weighted by Gasteiger charge is 2.33. The SMILES string of the molecule is CNCC[C@H]1CCN(c2c(F)cc3c(=O)c(C(=O)O)cn(C4CC4)c3c2OC)C1. The number of rotatable bonds is 7. The summed E-state index contributed by atoms with van der Waals surface area (Å²) in [6, 6.07) is 1.28. The van der Waals surface area contributed by atoms with Crippen molar-refractivity contribution in [3.8, 4) is 5.75 Å². The van der Waals surface area contributed by atoms with E-state index in [2.05, 4.69) is 5.32 Å². The summed E-state index contributed by atoms with van der Waals surface area (Å²) < 4.78 is 22.7. The number of hydrogen-bond donors (Lipinski definition) is 2. The van der Waals surface area contributed by atoms with Crippen LogP contribution in [0.1, 0.15) is 42.1 Å². The Bertz CT molecular complexity index is 1020. The van der Waals surface area contributed by atoms with Gasteiger partial charge in [0.2, 0.25) is 5.43 Å². The van der Waals surface area contributed by atoms with Crippen molar-refractivity contribution in [3.63, 3.8) is 0 Å². The van der Waals surface area contributed by atoms with Gasteiger partial charge < -0.3 is 24.6 Å². The molecule has 4 rings (SSSR count). The second-order valence-corrected chi connectivity index (χ2v) is 7.94. The van der Waals surface area contributed by atoms with Crippen LogP contribution in [0.2, 0.25) is 0 Å². The summed E-state index contributed by atoms with van der Waals surface area (Å²) in [5.74, 6) is -1.08. The van der Waals surface area contributed by atoms with E-state index in [-0.39, 0.29) is 17.0 Å². The summed E-state index contributed by atoms with van der Waals surface area (Å²) in [5.41, 5.74) is -0.169. The maximum Gasteiger partial charge on any atom is 0.341 e. The molecule has 2 fully saturated rings. The Hall–Kier alpha value is -2.61. The van der Waals surface area contributed by atoms with E-state index >= 15 is 4.39 Å². The Morgan fingerprint density at radius 3 is 2.76 bits per heavy atom. The molecule has 156 valence electrons. The van der Waals surface area contributed by atoms with Crippen molar-refractivity contribution in [3.05, 3.63) is 33.9 Å². The van der Waals surface area contributed by atoms with Crippen LogP contribution in [0.3, 0.4) is 0 Å². The maximum absolute atomic E-state index is 15.2. The average Bonchev–Trinajstić information content (AvgIpc) is 3.44. The van der Waals surface area contributed by atoms with Gasteiger partial charge in [-0.3, -0.25) is 4.79 Å². The molecule has 1 atom stereocenters. The summed E-state index contributed by atoms with van der Waals surface area (Å²) in [7, 11) is 3.39. The van der Waals surface area contributed by atoms with Crippen molar-refractivity contribution < 1.29 is 19.0 Å². The highest BCUT2D eigenvalue weighted by Crippen LogP contribution is 2.44. The monoisotopic (exact) mass is 403 g/mol. The first-order valence-corrected chi connectivity index (χ1v) is 10.0. The lowest BCUT2D eigenvalue weighted by Gasteiger charge is -2.25. The number of benzene rings is 1. The number of aromatic nitrogens is 1. The van der Waals surface area contributed by atoms with Crippen molar-refractivity contribution in [2.24, 2.45) is 5.92 Å². The molecule has 1 saturated carbocycles. The number of fused-ring (bicyclic) bond motifs is 1. The lowest BCUT2D eigenvalue weighted by atomic mass is 10.1. The zero-order chi connectivity index (χ0) is 20.7. The van der Waals surface area contributed by atoms with E-state index in [0.717, 1.165) is 38.8 Å². The number of hydrogen-bond acceptors (Lipinski definition) is 5. The number of nitrogens with zero attached hydrogens (tertiary/aromatic N) is 2. The Balaban J connectivity index is 1.88. The predicted molar refractivity (Wildman–Crippen MR) is 109 cm³/mol. The minimum Gasteiger partial charge on any atom is -0.492 e. The second kappa shape index (κ2) is 7.67. The quantitative estimate of drug-likeness (QED) is 0.740. The fourth-order valence-electron chi connectivity index (χ4n) is 4.34. The topological polar surface area (TPSA) is 83.8 Å². The molecule has 1 aliphatic heterocycles. The summed E-state index contributed by atoms with van der Waals surface area (Å²) in [5, 5.41) is 12.6. The van der Waals surface area contributed by atoms with Crippen LogP contribution in [0.4, 0.5) is 10.1 Å². The van der Waals surface area contributed by atoms with Gasteiger partial charge in [0, 0.05) is 25.3 Å². The van der Waals surface area contributed by atoms with Crippen molar-refractivity contribution in [2.75, 3.05) is 38.7 Å². The Morgan fingerprint density at radius 1 is 1.38 bits per heavy atom. The van der Waals surface area contributed by atoms with Gasteiger partial charge in [0.1, 0.15) is 11.3 Å². The molecule has 2 N–H and O–H groups in total. The average molecular weight is 403 g/mol. The molecular weight excluding hydrogens is 377 g/mol. The molecule has 0 spiro atoms. The normalized spacial score (nSPS) is 19.1. The third kappa shape index (κ3) is 3.46. The molecule has 2 aromatic rings. The number of halogens is 1. The van der Waals surface area contributed by atoms with Gasteiger partial charge in [-0.15, -0.1) is 0 Å². The van der Waals surface area contributed by atoms with Crippen molar-refractivity contribution in [1.82, 2.24) is 9.88 Å². The molecule has 0 radical (unpaired) electrons. The standard InChI is InChI=1S/C21H26FN3O4/c1-23-7-5-12-6-8-24(10-12)18-16(22)9-14-17(20(18)29-2)25(13-3-4-13)11-15(19(14)26)21(27)28/h9,11-13,23H,3-8,10H2,1-2H3,(H,27,28)/t12-/m0/s1. The van der Waals surface area contributed by atoms with Gasteiger partial charge >= 0.3 is 5.97 Å². The molecule has 1 saturated heterocycles. The highest BCUT2D eigenvalue weighted by atomic mass is 19.1. The lowest BCUT2D eigenvalue weighted by Crippen LogP contribution is -2.24. The number of carboxylic acids is 1. The Labute approximate surface area is 168 Å². The van der Waals surface area contributed by atoms with Gasteiger partial charge in [-0.2, -0.15) is 0 Å². The first-order chi connectivity index (χ1) is 14.0. The molecule has 0 bridgehead atoms. The molecular formula is C21H26FN3O4. The van der Waals surface area contributed by atoms with Gasteiger partial charge in [-0.05, 0) is 51.3 Å². The summed E-state index contributed by atoms with van der Waals surface area (Å²) in [6.07, 6.45) is 5.15. The molecule has 29 heavy (non-hydrogen) atoms. The third-order valence-electron chi connectivity index (χ3n) is 5.98. The van der Waals surface area contributed by atoms with Crippen molar-refractivity contribution in [2.45, 2.75) is 31.7 Å². The van der Waals surface area contributed by atoms with E-state index < -0.39 is 17.2 Å². The van der Waals surface area contributed by atoms with Crippen LogP contribution >= 0.6 is 0 Å². The van der Waals surface area contributed by atoms with Gasteiger partial charge in [0.15, 0.2) is 11.6 Å². The van der Waals surface area contributed by atoms with Crippen LogP contribution in [-0.2, 0) is 0 Å². The molecule has 2 aliphatic rings. The van der Waals surface area contributed by atoms with Crippen LogP contribution < -0.4 is 20.4 Å². The minimum atomic E-state index is -1.30. The number of ether oxygens (including phenoxy) is 1. The van der Waals surface area contributed by atoms with E-state index in [0.29, 0.717) is 29.4 Å². The van der Waals surface area contributed by atoms with E-state index in [1.54, 1.807) is 4.57 Å². The maximum atomic E-state index is 15.2. The van der Waals surface area contributed by atoms with Crippen LogP contribution in [0.5, 0.6) is 5.75 Å². The number of carboxylic acid groups (broad SMARTS) is 1. The van der Waals surface area contributed by atoms with E-state index in [9.17, 15) is 14.7 Å². The summed E-state index contributed by atoms with van der Waals surface area (Å²) >= 11 is 0. The number of nitrogens with one attached hydrogen (secondary N) is 1. The van der Waals surface area contributed by atoms with Crippen molar-refractivity contribution in [1.29, 1.82) is 0 Å². The second-order valence-electron chi connectivity index (χ2n) is 7.94. The molecule has 0 unspecified atom stereocenters. The Kier molecular flexibility index (Phi) is 5.21. The van der Waals surface area contributed by atoms with Crippen LogP contribution in [0.15, 0.2) is 17.1 Å². The molecule has 8 heteroatoms. The largest absolute Gasteiger partial charge is 0.492 e. The number of anilines is 1. The number of pyridine rings is 1. The minimum absolute atomic E-state index is 0.0563. The fraction of sp³-hybridized carbons (Fsp3) is 0.524. The van der Waals surface area contributed by atoms with Gasteiger partial charge in [0.25, 0.3) is 0 Å². The van der Waals surface area contributed by atoms with Gasteiger partial charge in [0.05, 0.1) is 18.0 Å². The van der Waals surface area contributed by atoms with Crippen LogP contribution in [0.25, 0.3) is 10.9 Å². The highest BCUT2D eigenvalue weighted by molar-refractivity contribution is 5.97. The number of methoxy groups -OCH3 is 1.